The second-order valence-electron chi connectivity index (χ2n) is 4.45. The highest BCUT2D eigenvalue weighted by Gasteiger charge is 2.16. The Labute approximate surface area is 112 Å². The number of nitrogens with zero attached hydrogens (tertiary/aromatic N) is 1. The van der Waals surface area contributed by atoms with Crippen LogP contribution in [-0.2, 0) is 11.3 Å². The van der Waals surface area contributed by atoms with E-state index in [0.29, 0.717) is 6.54 Å². The van der Waals surface area contributed by atoms with E-state index >= 15 is 0 Å². The van der Waals surface area contributed by atoms with Crippen molar-refractivity contribution in [3.05, 3.63) is 54.4 Å². The molecule has 19 heavy (non-hydrogen) atoms. The number of carbonyl (C=O) groups is 1. The van der Waals surface area contributed by atoms with E-state index in [1.807, 2.05) is 53.4 Å². The number of ether oxygens (including phenoxy) is 1. The lowest BCUT2D eigenvalue weighted by atomic mass is 9.95. The molecule has 1 aromatic carbocycles. The SMILES string of the molecule is COc1cccc(C(CC(=O)O)Cn2cccc2)c1. The Bertz CT molecular complexity index is 534. The maximum Gasteiger partial charge on any atom is 0.304 e. The number of aliphatic carboxylic acids is 1. The van der Waals surface area contributed by atoms with E-state index in [9.17, 15) is 4.79 Å². The van der Waals surface area contributed by atoms with Gasteiger partial charge in [0.15, 0.2) is 0 Å². The molecule has 1 N–H and O–H groups in total. The van der Waals surface area contributed by atoms with Gasteiger partial charge in [-0.05, 0) is 29.8 Å². The van der Waals surface area contributed by atoms with E-state index < -0.39 is 5.97 Å². The van der Waals surface area contributed by atoms with E-state index in [-0.39, 0.29) is 12.3 Å². The van der Waals surface area contributed by atoms with Gasteiger partial charge in [-0.2, -0.15) is 0 Å². The summed E-state index contributed by atoms with van der Waals surface area (Å²) >= 11 is 0. The maximum atomic E-state index is 11.0. The lowest BCUT2D eigenvalue weighted by molar-refractivity contribution is -0.137. The van der Waals surface area contributed by atoms with Crippen molar-refractivity contribution in [1.82, 2.24) is 4.57 Å². The molecule has 1 aromatic heterocycles. The molecule has 0 saturated carbocycles. The molecule has 1 heterocycles. The van der Waals surface area contributed by atoms with Crippen LogP contribution in [0.4, 0.5) is 0 Å². The summed E-state index contributed by atoms with van der Waals surface area (Å²) in [6, 6.07) is 11.5. The molecule has 0 radical (unpaired) electrons. The lowest BCUT2D eigenvalue weighted by Gasteiger charge is -2.17. The Kier molecular flexibility index (Phi) is 4.23. The first-order chi connectivity index (χ1) is 9.19. The summed E-state index contributed by atoms with van der Waals surface area (Å²) in [7, 11) is 1.61. The van der Waals surface area contributed by atoms with Crippen LogP contribution in [0.5, 0.6) is 5.75 Å². The highest BCUT2D eigenvalue weighted by molar-refractivity contribution is 5.68. The molecule has 0 aliphatic carbocycles. The summed E-state index contributed by atoms with van der Waals surface area (Å²) in [5.41, 5.74) is 0.982. The predicted octanol–water partition coefficient (Wildman–Crippen LogP) is 2.76. The monoisotopic (exact) mass is 259 g/mol. The van der Waals surface area contributed by atoms with Crippen molar-refractivity contribution in [3.8, 4) is 5.75 Å². The average molecular weight is 259 g/mol. The molecular formula is C15H17NO3. The maximum absolute atomic E-state index is 11.0. The van der Waals surface area contributed by atoms with Crippen LogP contribution in [0.15, 0.2) is 48.8 Å². The van der Waals surface area contributed by atoms with Crippen LogP contribution >= 0.6 is 0 Å². The summed E-state index contributed by atoms with van der Waals surface area (Å²) < 4.78 is 7.18. The second-order valence-corrected chi connectivity index (χ2v) is 4.45. The molecule has 4 heteroatoms. The number of hydrogen-bond acceptors (Lipinski definition) is 2. The fraction of sp³-hybridized carbons (Fsp3) is 0.267. The van der Waals surface area contributed by atoms with E-state index in [1.165, 1.54) is 0 Å². The molecular weight excluding hydrogens is 242 g/mol. The number of carboxylic acid groups (broad SMARTS) is 1. The number of benzene rings is 1. The Hall–Kier alpha value is -2.23. The van der Waals surface area contributed by atoms with Crippen molar-refractivity contribution in [3.63, 3.8) is 0 Å². The summed E-state index contributed by atoms with van der Waals surface area (Å²) in [5, 5.41) is 9.06. The third kappa shape index (κ3) is 3.61. The van der Waals surface area contributed by atoms with E-state index in [4.69, 9.17) is 9.84 Å². The third-order valence-electron chi connectivity index (χ3n) is 3.08. The van der Waals surface area contributed by atoms with Gasteiger partial charge < -0.3 is 14.4 Å². The molecule has 100 valence electrons. The van der Waals surface area contributed by atoms with Crippen LogP contribution in [-0.4, -0.2) is 22.8 Å². The molecule has 0 amide bonds. The number of carboxylic acids is 1. The molecule has 0 bridgehead atoms. The minimum absolute atomic E-state index is 0.0694. The molecule has 0 spiro atoms. The van der Waals surface area contributed by atoms with Crippen molar-refractivity contribution >= 4 is 5.97 Å². The van der Waals surface area contributed by atoms with E-state index in [2.05, 4.69) is 0 Å². The number of aromatic nitrogens is 1. The van der Waals surface area contributed by atoms with Gasteiger partial charge in [-0.3, -0.25) is 4.79 Å². The highest BCUT2D eigenvalue weighted by Crippen LogP contribution is 2.25. The van der Waals surface area contributed by atoms with E-state index in [1.54, 1.807) is 7.11 Å². The molecule has 0 aliphatic heterocycles. The van der Waals surface area contributed by atoms with Crippen molar-refractivity contribution < 1.29 is 14.6 Å². The summed E-state index contributed by atoms with van der Waals surface area (Å²) in [4.78, 5) is 11.0. The first kappa shape index (κ1) is 13.2. The van der Waals surface area contributed by atoms with Crippen LogP contribution in [0.3, 0.4) is 0 Å². The zero-order chi connectivity index (χ0) is 13.7. The second kappa shape index (κ2) is 6.09. The summed E-state index contributed by atoms with van der Waals surface area (Å²) in [5.74, 6) is -0.111. The largest absolute Gasteiger partial charge is 0.497 e. The summed E-state index contributed by atoms with van der Waals surface area (Å²) in [6.07, 6.45) is 3.98. The fourth-order valence-corrected chi connectivity index (χ4v) is 2.14. The van der Waals surface area contributed by atoms with Crippen LogP contribution in [0.25, 0.3) is 0 Å². The van der Waals surface area contributed by atoms with Gasteiger partial charge in [0.1, 0.15) is 5.75 Å². The molecule has 0 saturated heterocycles. The number of rotatable bonds is 6. The van der Waals surface area contributed by atoms with Gasteiger partial charge in [-0.25, -0.2) is 0 Å². The molecule has 0 fully saturated rings. The van der Waals surface area contributed by atoms with Gasteiger partial charge >= 0.3 is 5.97 Å². The van der Waals surface area contributed by atoms with Crippen molar-refractivity contribution in [2.75, 3.05) is 7.11 Å². The lowest BCUT2D eigenvalue weighted by Crippen LogP contribution is -2.12. The normalized spacial score (nSPS) is 12.1. The minimum Gasteiger partial charge on any atom is -0.497 e. The van der Waals surface area contributed by atoms with Gasteiger partial charge in [0.25, 0.3) is 0 Å². The Morgan fingerprint density at radius 1 is 1.32 bits per heavy atom. The Morgan fingerprint density at radius 2 is 2.05 bits per heavy atom. The molecule has 4 nitrogen and oxygen atoms in total. The van der Waals surface area contributed by atoms with Gasteiger partial charge in [0.05, 0.1) is 13.5 Å². The molecule has 1 unspecified atom stereocenters. The van der Waals surface area contributed by atoms with Crippen LogP contribution in [0.1, 0.15) is 17.9 Å². The predicted molar refractivity (Wildman–Crippen MR) is 72.4 cm³/mol. The first-order valence-corrected chi connectivity index (χ1v) is 6.15. The third-order valence-corrected chi connectivity index (χ3v) is 3.08. The van der Waals surface area contributed by atoms with Gasteiger partial charge in [0, 0.05) is 24.9 Å². The standard InChI is InChI=1S/C15H17NO3/c1-19-14-6-4-5-12(9-14)13(10-15(17)18)11-16-7-2-3-8-16/h2-9,13H,10-11H2,1H3,(H,17,18). The van der Waals surface area contributed by atoms with Crippen LogP contribution in [0, 0.1) is 0 Å². The molecule has 2 aromatic rings. The van der Waals surface area contributed by atoms with E-state index in [0.717, 1.165) is 11.3 Å². The quantitative estimate of drug-likeness (QED) is 0.867. The zero-order valence-electron chi connectivity index (χ0n) is 10.8. The minimum atomic E-state index is -0.792. The zero-order valence-corrected chi connectivity index (χ0v) is 10.8. The molecule has 2 rings (SSSR count). The summed E-state index contributed by atoms with van der Waals surface area (Å²) in [6.45, 7) is 0.645. The van der Waals surface area contributed by atoms with Crippen molar-refractivity contribution in [1.29, 1.82) is 0 Å². The van der Waals surface area contributed by atoms with Gasteiger partial charge in [0.2, 0.25) is 0 Å². The number of hydrogen-bond donors (Lipinski definition) is 1. The van der Waals surface area contributed by atoms with Crippen molar-refractivity contribution in [2.24, 2.45) is 0 Å². The Morgan fingerprint density at radius 3 is 2.68 bits per heavy atom. The molecule has 0 aliphatic rings. The van der Waals surface area contributed by atoms with Crippen molar-refractivity contribution in [2.45, 2.75) is 18.9 Å². The van der Waals surface area contributed by atoms with Gasteiger partial charge in [-0.15, -0.1) is 0 Å². The smallest absolute Gasteiger partial charge is 0.304 e. The molecule has 1 atom stereocenters. The van der Waals surface area contributed by atoms with Crippen LogP contribution < -0.4 is 4.74 Å². The fourth-order valence-electron chi connectivity index (χ4n) is 2.14. The van der Waals surface area contributed by atoms with Gasteiger partial charge in [-0.1, -0.05) is 12.1 Å². The topological polar surface area (TPSA) is 51.5 Å². The van der Waals surface area contributed by atoms with Crippen LogP contribution in [0.2, 0.25) is 0 Å². The Balaban J connectivity index is 2.22. The average Bonchev–Trinajstić information content (AvgIpc) is 2.90. The first-order valence-electron chi connectivity index (χ1n) is 6.15. The number of methoxy groups -OCH3 is 1. The highest BCUT2D eigenvalue weighted by atomic mass is 16.5.